The SMILES string of the molecule is COc1ccc(-c2noc(CCCC(=O)Nc3ccn(CC(=O)O)n3)n2)cc1. The Labute approximate surface area is 160 Å². The van der Waals surface area contributed by atoms with E-state index in [1.54, 1.807) is 13.2 Å². The molecule has 0 aliphatic carbocycles. The summed E-state index contributed by atoms with van der Waals surface area (Å²) in [5, 5.41) is 19.2. The van der Waals surface area contributed by atoms with Gasteiger partial charge in [0.25, 0.3) is 0 Å². The molecule has 0 unspecified atom stereocenters. The quantitative estimate of drug-likeness (QED) is 0.571. The lowest BCUT2D eigenvalue weighted by Gasteiger charge is -2.01. The maximum Gasteiger partial charge on any atom is 0.325 e. The number of rotatable bonds is 9. The standard InChI is InChI=1S/C18H19N5O5/c1-27-13-7-5-12(6-8-13)18-20-16(28-22-18)4-2-3-15(24)19-14-9-10-23(21-14)11-17(25)26/h5-10H,2-4,11H2,1H3,(H,25,26)(H,19,21,24). The summed E-state index contributed by atoms with van der Waals surface area (Å²) in [6.45, 7) is -0.260. The van der Waals surface area contributed by atoms with Crippen LogP contribution in [0.4, 0.5) is 5.82 Å². The number of methoxy groups -OCH3 is 1. The number of hydrogen-bond acceptors (Lipinski definition) is 7. The zero-order chi connectivity index (χ0) is 19.9. The average molecular weight is 385 g/mol. The van der Waals surface area contributed by atoms with Crippen molar-refractivity contribution in [2.24, 2.45) is 0 Å². The number of amides is 1. The molecule has 2 aromatic heterocycles. The van der Waals surface area contributed by atoms with Crippen LogP contribution in [0, 0.1) is 0 Å². The number of carboxylic acid groups (broad SMARTS) is 1. The Morgan fingerprint density at radius 2 is 2.04 bits per heavy atom. The minimum Gasteiger partial charge on any atom is -0.497 e. The molecule has 146 valence electrons. The van der Waals surface area contributed by atoms with Crippen LogP contribution in [0.2, 0.25) is 0 Å². The highest BCUT2D eigenvalue weighted by atomic mass is 16.5. The fraction of sp³-hybridized carbons (Fsp3) is 0.278. The van der Waals surface area contributed by atoms with Crippen molar-refractivity contribution >= 4 is 17.7 Å². The van der Waals surface area contributed by atoms with Crippen molar-refractivity contribution in [2.75, 3.05) is 12.4 Å². The fourth-order valence-electron chi connectivity index (χ4n) is 2.47. The summed E-state index contributed by atoms with van der Waals surface area (Å²) in [6, 6.07) is 8.84. The van der Waals surface area contributed by atoms with Gasteiger partial charge in [0.2, 0.25) is 17.6 Å². The highest BCUT2D eigenvalue weighted by molar-refractivity contribution is 5.89. The summed E-state index contributed by atoms with van der Waals surface area (Å²) in [4.78, 5) is 26.9. The van der Waals surface area contributed by atoms with Gasteiger partial charge in [-0.15, -0.1) is 0 Å². The molecule has 28 heavy (non-hydrogen) atoms. The number of ether oxygens (including phenoxy) is 1. The Morgan fingerprint density at radius 3 is 2.75 bits per heavy atom. The van der Waals surface area contributed by atoms with Gasteiger partial charge in [0.15, 0.2) is 5.82 Å². The predicted octanol–water partition coefficient (Wildman–Crippen LogP) is 1.99. The molecule has 0 spiro atoms. The second-order valence-corrected chi connectivity index (χ2v) is 5.93. The van der Waals surface area contributed by atoms with E-state index in [1.807, 2.05) is 24.3 Å². The van der Waals surface area contributed by atoms with Crippen LogP contribution in [-0.4, -0.2) is 44.0 Å². The number of carbonyl (C=O) groups is 2. The number of carboxylic acids is 1. The van der Waals surface area contributed by atoms with Crippen LogP contribution in [-0.2, 0) is 22.6 Å². The van der Waals surface area contributed by atoms with Gasteiger partial charge in [0.1, 0.15) is 12.3 Å². The van der Waals surface area contributed by atoms with Gasteiger partial charge in [-0.05, 0) is 30.7 Å². The first-order valence-corrected chi connectivity index (χ1v) is 8.55. The van der Waals surface area contributed by atoms with E-state index in [0.717, 1.165) is 11.3 Å². The van der Waals surface area contributed by atoms with Gasteiger partial charge in [-0.25, -0.2) is 0 Å². The van der Waals surface area contributed by atoms with Crippen molar-refractivity contribution in [3.8, 4) is 17.1 Å². The molecule has 0 radical (unpaired) electrons. The molecule has 10 nitrogen and oxygen atoms in total. The topological polar surface area (TPSA) is 132 Å². The number of aliphatic carboxylic acids is 1. The third kappa shape index (κ3) is 5.16. The molecule has 0 atom stereocenters. The Balaban J connectivity index is 1.45. The number of nitrogens with one attached hydrogen (secondary N) is 1. The molecule has 0 bridgehead atoms. The van der Waals surface area contributed by atoms with Crippen LogP contribution in [0.1, 0.15) is 18.7 Å². The average Bonchev–Trinajstić information content (AvgIpc) is 3.31. The Bertz CT molecular complexity index is 947. The summed E-state index contributed by atoms with van der Waals surface area (Å²) >= 11 is 0. The summed E-state index contributed by atoms with van der Waals surface area (Å²) in [5.74, 6) is 0.748. The summed E-state index contributed by atoms with van der Waals surface area (Å²) in [6.07, 6.45) is 2.71. The maximum absolute atomic E-state index is 12.0. The fourth-order valence-corrected chi connectivity index (χ4v) is 2.47. The van der Waals surface area contributed by atoms with E-state index in [4.69, 9.17) is 14.4 Å². The Kier molecular flexibility index (Phi) is 6.00. The first-order valence-electron chi connectivity index (χ1n) is 8.55. The van der Waals surface area contributed by atoms with Gasteiger partial charge in [0, 0.05) is 30.7 Å². The normalized spacial score (nSPS) is 10.6. The van der Waals surface area contributed by atoms with Crippen molar-refractivity contribution in [3.63, 3.8) is 0 Å². The molecule has 3 rings (SSSR count). The molecular weight excluding hydrogens is 366 g/mol. The van der Waals surface area contributed by atoms with E-state index in [0.29, 0.717) is 30.4 Å². The molecule has 3 aromatic rings. The van der Waals surface area contributed by atoms with Gasteiger partial charge in [-0.3, -0.25) is 14.3 Å². The Hall–Kier alpha value is -3.69. The second-order valence-electron chi connectivity index (χ2n) is 5.93. The lowest BCUT2D eigenvalue weighted by atomic mass is 10.2. The smallest absolute Gasteiger partial charge is 0.325 e. The van der Waals surface area contributed by atoms with Crippen LogP contribution in [0.5, 0.6) is 5.75 Å². The summed E-state index contributed by atoms with van der Waals surface area (Å²) in [7, 11) is 1.60. The van der Waals surface area contributed by atoms with Crippen LogP contribution in [0.25, 0.3) is 11.4 Å². The monoisotopic (exact) mass is 385 g/mol. The number of aryl methyl sites for hydroxylation is 1. The highest BCUT2D eigenvalue weighted by Crippen LogP contribution is 2.20. The number of aromatic nitrogens is 4. The number of hydrogen-bond donors (Lipinski definition) is 2. The van der Waals surface area contributed by atoms with Gasteiger partial charge in [0.05, 0.1) is 7.11 Å². The minimum atomic E-state index is -1.01. The van der Waals surface area contributed by atoms with Crippen LogP contribution in [0.3, 0.4) is 0 Å². The largest absolute Gasteiger partial charge is 0.497 e. The lowest BCUT2D eigenvalue weighted by molar-refractivity contribution is -0.137. The first-order chi connectivity index (χ1) is 13.5. The van der Waals surface area contributed by atoms with E-state index in [-0.39, 0.29) is 18.9 Å². The van der Waals surface area contributed by atoms with E-state index < -0.39 is 5.97 Å². The number of anilines is 1. The van der Waals surface area contributed by atoms with Crippen LogP contribution < -0.4 is 10.1 Å². The first kappa shape index (κ1) is 19.1. The Morgan fingerprint density at radius 1 is 1.25 bits per heavy atom. The van der Waals surface area contributed by atoms with Crippen molar-refractivity contribution in [1.29, 1.82) is 0 Å². The second kappa shape index (κ2) is 8.80. The molecule has 2 N–H and O–H groups in total. The molecule has 2 heterocycles. The van der Waals surface area contributed by atoms with Crippen molar-refractivity contribution < 1.29 is 24.0 Å². The molecule has 1 amide bonds. The number of carbonyl (C=O) groups excluding carboxylic acids is 1. The summed E-state index contributed by atoms with van der Waals surface area (Å²) in [5.41, 5.74) is 0.811. The van der Waals surface area contributed by atoms with E-state index in [9.17, 15) is 9.59 Å². The molecule has 0 aliphatic rings. The van der Waals surface area contributed by atoms with Crippen molar-refractivity contribution in [3.05, 3.63) is 42.4 Å². The third-order valence-corrected chi connectivity index (χ3v) is 3.82. The highest BCUT2D eigenvalue weighted by Gasteiger charge is 2.11. The number of nitrogens with zero attached hydrogens (tertiary/aromatic N) is 4. The van der Waals surface area contributed by atoms with Crippen LogP contribution >= 0.6 is 0 Å². The van der Waals surface area contributed by atoms with Gasteiger partial charge < -0.3 is 19.7 Å². The molecular formula is C18H19N5O5. The molecule has 0 fully saturated rings. The van der Waals surface area contributed by atoms with Gasteiger partial charge in [-0.2, -0.15) is 10.1 Å². The van der Waals surface area contributed by atoms with Gasteiger partial charge in [-0.1, -0.05) is 5.16 Å². The maximum atomic E-state index is 12.0. The van der Waals surface area contributed by atoms with E-state index in [1.165, 1.54) is 10.9 Å². The van der Waals surface area contributed by atoms with Crippen molar-refractivity contribution in [2.45, 2.75) is 25.8 Å². The van der Waals surface area contributed by atoms with Gasteiger partial charge >= 0.3 is 5.97 Å². The number of benzene rings is 1. The molecule has 1 aromatic carbocycles. The summed E-state index contributed by atoms with van der Waals surface area (Å²) < 4.78 is 11.6. The van der Waals surface area contributed by atoms with E-state index >= 15 is 0 Å². The molecule has 10 heteroatoms. The zero-order valence-electron chi connectivity index (χ0n) is 15.2. The molecule has 0 saturated heterocycles. The third-order valence-electron chi connectivity index (χ3n) is 3.82. The minimum absolute atomic E-state index is 0.226. The predicted molar refractivity (Wildman–Crippen MR) is 97.7 cm³/mol. The molecule has 0 saturated carbocycles. The van der Waals surface area contributed by atoms with Crippen molar-refractivity contribution in [1.82, 2.24) is 19.9 Å². The van der Waals surface area contributed by atoms with Crippen LogP contribution in [0.15, 0.2) is 41.1 Å². The van der Waals surface area contributed by atoms with E-state index in [2.05, 4.69) is 20.6 Å². The molecule has 0 aliphatic heterocycles. The lowest BCUT2D eigenvalue weighted by Crippen LogP contribution is -2.13. The zero-order valence-corrected chi connectivity index (χ0v) is 15.2.